The van der Waals surface area contributed by atoms with Gasteiger partial charge in [-0.1, -0.05) is 26.0 Å². The number of hydrogen-bond acceptors (Lipinski definition) is 5. The van der Waals surface area contributed by atoms with Gasteiger partial charge in [-0.2, -0.15) is 10.4 Å². The van der Waals surface area contributed by atoms with E-state index in [1.54, 1.807) is 12.1 Å². The fraction of sp³-hybridized carbons (Fsp3) is 0.214. The molecule has 1 aromatic carbocycles. The number of benzene rings is 1. The lowest BCUT2D eigenvalue weighted by molar-refractivity contribution is 0.481. The van der Waals surface area contributed by atoms with Gasteiger partial charge in [0.25, 0.3) is 5.88 Å². The highest BCUT2D eigenvalue weighted by molar-refractivity contribution is 5.80. The Morgan fingerprint density at radius 2 is 2.10 bits per heavy atom. The van der Waals surface area contributed by atoms with E-state index in [9.17, 15) is 4.39 Å². The molecule has 5 nitrogen and oxygen atoms in total. The van der Waals surface area contributed by atoms with Gasteiger partial charge in [-0.3, -0.25) is 0 Å². The Balaban J connectivity index is 2.10. The summed E-state index contributed by atoms with van der Waals surface area (Å²) in [5.41, 5.74) is 3.51. The molecule has 0 aliphatic rings. The van der Waals surface area contributed by atoms with Gasteiger partial charge in [0.1, 0.15) is 11.9 Å². The molecule has 0 saturated heterocycles. The normalized spacial score (nSPS) is 10.9. The molecule has 0 amide bonds. The van der Waals surface area contributed by atoms with E-state index >= 15 is 0 Å². The van der Waals surface area contributed by atoms with Crippen molar-refractivity contribution in [3.05, 3.63) is 47.2 Å². The molecule has 0 aliphatic carbocycles. The maximum atomic E-state index is 12.7. The Hall–Kier alpha value is -2.68. The van der Waals surface area contributed by atoms with E-state index in [1.807, 2.05) is 19.9 Å². The van der Waals surface area contributed by atoms with Gasteiger partial charge in [-0.15, -0.1) is 0 Å². The van der Waals surface area contributed by atoms with Crippen LogP contribution >= 0.6 is 0 Å². The van der Waals surface area contributed by atoms with E-state index in [0.717, 1.165) is 5.56 Å². The second kappa shape index (κ2) is 5.97. The van der Waals surface area contributed by atoms with E-state index in [4.69, 9.17) is 9.68 Å². The van der Waals surface area contributed by atoms with Crippen molar-refractivity contribution in [2.75, 3.05) is 5.43 Å². The van der Waals surface area contributed by atoms with Crippen molar-refractivity contribution in [1.82, 2.24) is 4.98 Å². The molecule has 0 spiro atoms. The zero-order chi connectivity index (χ0) is 14.5. The first-order valence-corrected chi connectivity index (χ1v) is 6.05. The van der Waals surface area contributed by atoms with E-state index in [2.05, 4.69) is 15.5 Å². The molecule has 2 rings (SSSR count). The zero-order valence-electron chi connectivity index (χ0n) is 11.1. The van der Waals surface area contributed by atoms with Crippen molar-refractivity contribution in [2.24, 2.45) is 5.10 Å². The minimum Gasteiger partial charge on any atom is -0.422 e. The quantitative estimate of drug-likeness (QED) is 0.684. The third-order valence-corrected chi connectivity index (χ3v) is 2.49. The summed E-state index contributed by atoms with van der Waals surface area (Å²) in [7, 11) is 0. The van der Waals surface area contributed by atoms with Crippen LogP contribution in [0.1, 0.15) is 36.9 Å². The van der Waals surface area contributed by atoms with Crippen LogP contribution in [0.5, 0.6) is 0 Å². The monoisotopic (exact) mass is 272 g/mol. The molecule has 0 bridgehead atoms. The van der Waals surface area contributed by atoms with Crippen molar-refractivity contribution >= 4 is 12.1 Å². The third kappa shape index (κ3) is 3.20. The van der Waals surface area contributed by atoms with Crippen LogP contribution in [-0.2, 0) is 0 Å². The lowest BCUT2D eigenvalue weighted by atomic mass is 10.2. The van der Waals surface area contributed by atoms with E-state index < -0.39 is 0 Å². The van der Waals surface area contributed by atoms with Crippen molar-refractivity contribution < 1.29 is 8.81 Å². The molecule has 102 valence electrons. The molecular weight excluding hydrogens is 259 g/mol. The minimum absolute atomic E-state index is 0.0822. The number of nitrogens with one attached hydrogen (secondary N) is 1. The number of halogens is 1. The Morgan fingerprint density at radius 3 is 2.70 bits per heavy atom. The second-order valence-electron chi connectivity index (χ2n) is 4.42. The van der Waals surface area contributed by atoms with E-state index in [1.165, 1.54) is 18.3 Å². The summed E-state index contributed by atoms with van der Waals surface area (Å²) in [6.45, 7) is 3.83. The number of oxazole rings is 1. The molecule has 0 atom stereocenters. The molecular formula is C14H13FN4O. The van der Waals surface area contributed by atoms with Crippen LogP contribution in [0, 0.1) is 17.1 Å². The van der Waals surface area contributed by atoms with Crippen LogP contribution in [0.25, 0.3) is 0 Å². The van der Waals surface area contributed by atoms with E-state index in [-0.39, 0.29) is 23.3 Å². The average Bonchev–Trinajstić information content (AvgIpc) is 2.84. The van der Waals surface area contributed by atoms with Crippen LogP contribution in [0.4, 0.5) is 10.3 Å². The molecule has 6 heteroatoms. The number of rotatable bonds is 4. The van der Waals surface area contributed by atoms with Crippen LogP contribution < -0.4 is 5.43 Å². The number of anilines is 1. The molecule has 0 saturated carbocycles. The molecule has 0 unspecified atom stereocenters. The van der Waals surface area contributed by atoms with Crippen molar-refractivity contribution in [3.63, 3.8) is 0 Å². The van der Waals surface area contributed by atoms with Gasteiger partial charge >= 0.3 is 0 Å². The van der Waals surface area contributed by atoms with Gasteiger partial charge in [-0.05, 0) is 17.7 Å². The Morgan fingerprint density at radius 1 is 1.40 bits per heavy atom. The summed E-state index contributed by atoms with van der Waals surface area (Å²) in [6.07, 6.45) is 1.50. The third-order valence-electron chi connectivity index (χ3n) is 2.49. The Labute approximate surface area is 115 Å². The first-order valence-electron chi connectivity index (χ1n) is 6.05. The predicted molar refractivity (Wildman–Crippen MR) is 72.9 cm³/mol. The zero-order valence-corrected chi connectivity index (χ0v) is 11.1. The van der Waals surface area contributed by atoms with Gasteiger partial charge < -0.3 is 4.42 Å². The number of aromatic nitrogens is 1. The van der Waals surface area contributed by atoms with Gasteiger partial charge in [0.15, 0.2) is 0 Å². The number of hydrogen-bond donors (Lipinski definition) is 1. The molecule has 1 aromatic heterocycles. The van der Waals surface area contributed by atoms with Crippen molar-refractivity contribution in [2.45, 2.75) is 19.8 Å². The van der Waals surface area contributed by atoms with E-state index in [0.29, 0.717) is 5.89 Å². The summed E-state index contributed by atoms with van der Waals surface area (Å²) >= 11 is 0. The van der Waals surface area contributed by atoms with Gasteiger partial charge in [-0.25, -0.2) is 14.8 Å². The van der Waals surface area contributed by atoms with Gasteiger partial charge in [0.2, 0.25) is 11.6 Å². The summed E-state index contributed by atoms with van der Waals surface area (Å²) < 4.78 is 18.1. The largest absolute Gasteiger partial charge is 0.422 e. The van der Waals surface area contributed by atoms with Crippen LogP contribution in [0.3, 0.4) is 0 Å². The number of hydrazone groups is 1. The number of nitriles is 1. The Kier molecular flexibility index (Phi) is 4.11. The first-order chi connectivity index (χ1) is 9.60. The van der Waals surface area contributed by atoms with Gasteiger partial charge in [0.05, 0.1) is 6.21 Å². The summed E-state index contributed by atoms with van der Waals surface area (Å²) in [5.74, 6) is 0.452. The maximum absolute atomic E-state index is 12.7. The highest BCUT2D eigenvalue weighted by Crippen LogP contribution is 2.21. The van der Waals surface area contributed by atoms with Gasteiger partial charge in [0, 0.05) is 5.92 Å². The molecule has 20 heavy (non-hydrogen) atoms. The fourth-order valence-electron chi connectivity index (χ4n) is 1.45. The van der Waals surface area contributed by atoms with Crippen LogP contribution in [-0.4, -0.2) is 11.2 Å². The minimum atomic E-state index is -0.307. The first kappa shape index (κ1) is 13.7. The average molecular weight is 272 g/mol. The van der Waals surface area contributed by atoms with Crippen LogP contribution in [0.2, 0.25) is 0 Å². The Bertz CT molecular complexity index is 653. The molecule has 1 N–H and O–H groups in total. The summed E-state index contributed by atoms with van der Waals surface area (Å²) in [4.78, 5) is 4.05. The predicted octanol–water partition coefficient (Wildman–Crippen LogP) is 3.25. The second-order valence-corrected chi connectivity index (χ2v) is 4.42. The SMILES string of the molecule is CC(C)c1nc(C#N)c(NN=Cc2ccc(F)cc2)o1. The highest BCUT2D eigenvalue weighted by Gasteiger charge is 2.14. The molecule has 0 radical (unpaired) electrons. The fourth-order valence-corrected chi connectivity index (χ4v) is 1.45. The lowest BCUT2D eigenvalue weighted by Gasteiger charge is -1.97. The van der Waals surface area contributed by atoms with Crippen molar-refractivity contribution in [3.8, 4) is 6.07 Å². The molecule has 0 aliphatic heterocycles. The smallest absolute Gasteiger partial charge is 0.252 e. The van der Waals surface area contributed by atoms with Crippen molar-refractivity contribution in [1.29, 1.82) is 5.26 Å². The lowest BCUT2D eigenvalue weighted by Crippen LogP contribution is -1.91. The van der Waals surface area contributed by atoms with Crippen LogP contribution in [0.15, 0.2) is 33.8 Å². The standard InChI is InChI=1S/C14H13FN4O/c1-9(2)13-18-12(7-16)14(20-13)19-17-8-10-3-5-11(15)6-4-10/h3-6,8-9,19H,1-2H3. The number of nitrogens with zero attached hydrogens (tertiary/aromatic N) is 3. The summed E-state index contributed by atoms with van der Waals surface area (Å²) in [5, 5.41) is 12.9. The maximum Gasteiger partial charge on any atom is 0.252 e. The topological polar surface area (TPSA) is 74.2 Å². The molecule has 0 fully saturated rings. The molecule has 1 heterocycles. The summed E-state index contributed by atoms with van der Waals surface area (Å²) in [6, 6.07) is 7.80. The molecule has 2 aromatic rings. The highest BCUT2D eigenvalue weighted by atomic mass is 19.1.